The largest absolute Gasteiger partial charge is 0.355 e. The molecule has 1 heterocycles. The van der Waals surface area contributed by atoms with Gasteiger partial charge < -0.3 is 15.5 Å². The van der Waals surface area contributed by atoms with Gasteiger partial charge in [-0.15, -0.1) is 0 Å². The quantitative estimate of drug-likeness (QED) is 0.677. The van der Waals surface area contributed by atoms with Crippen LogP contribution in [0.2, 0.25) is 0 Å². The third-order valence-corrected chi connectivity index (χ3v) is 4.68. The maximum absolute atomic E-state index is 12.7. The van der Waals surface area contributed by atoms with Gasteiger partial charge in [0, 0.05) is 41.3 Å². The molecule has 1 aliphatic heterocycles. The van der Waals surface area contributed by atoms with Gasteiger partial charge in [-0.05, 0) is 55.0 Å². The Hall–Kier alpha value is -3.60. The average Bonchev–Trinajstić information content (AvgIpc) is 3.15. The molecule has 0 unspecified atom stereocenters. The molecule has 5 nitrogen and oxygen atoms in total. The second kappa shape index (κ2) is 7.96. The number of anilines is 4. The van der Waals surface area contributed by atoms with Crippen LogP contribution in [0.5, 0.6) is 0 Å². The summed E-state index contributed by atoms with van der Waals surface area (Å²) in [7, 11) is 0. The van der Waals surface area contributed by atoms with E-state index in [2.05, 4.69) is 10.6 Å². The van der Waals surface area contributed by atoms with Crippen LogP contribution in [0.4, 0.5) is 22.7 Å². The zero-order chi connectivity index (χ0) is 19.3. The molecule has 3 aromatic carbocycles. The highest BCUT2D eigenvalue weighted by Gasteiger charge is 2.22. The molecule has 1 fully saturated rings. The Balaban J connectivity index is 1.48. The van der Waals surface area contributed by atoms with Crippen molar-refractivity contribution in [3.8, 4) is 0 Å². The number of nitrogens with one attached hydrogen (secondary N) is 2. The first-order chi connectivity index (χ1) is 13.7. The van der Waals surface area contributed by atoms with Gasteiger partial charge in [-0.25, -0.2) is 0 Å². The van der Waals surface area contributed by atoms with E-state index in [1.165, 1.54) is 0 Å². The van der Waals surface area contributed by atoms with Crippen LogP contribution >= 0.6 is 0 Å². The van der Waals surface area contributed by atoms with E-state index in [0.29, 0.717) is 24.2 Å². The molecule has 0 bridgehead atoms. The molecule has 0 aliphatic carbocycles. The molecule has 28 heavy (non-hydrogen) atoms. The fraction of sp³-hybridized carbons (Fsp3) is 0.130. The van der Waals surface area contributed by atoms with E-state index >= 15 is 0 Å². The topological polar surface area (TPSA) is 61.4 Å². The summed E-state index contributed by atoms with van der Waals surface area (Å²) in [6, 6.07) is 24.6. The molecule has 0 spiro atoms. The van der Waals surface area contributed by atoms with E-state index in [4.69, 9.17) is 0 Å². The van der Waals surface area contributed by atoms with Crippen LogP contribution in [-0.2, 0) is 4.79 Å². The van der Waals surface area contributed by atoms with Crippen LogP contribution in [0.25, 0.3) is 0 Å². The molecule has 1 aliphatic rings. The molecule has 1 saturated heterocycles. The van der Waals surface area contributed by atoms with Crippen molar-refractivity contribution in [1.82, 2.24) is 0 Å². The highest BCUT2D eigenvalue weighted by atomic mass is 16.2. The first-order valence-corrected chi connectivity index (χ1v) is 9.33. The first-order valence-electron chi connectivity index (χ1n) is 9.33. The van der Waals surface area contributed by atoms with Gasteiger partial charge in [0.25, 0.3) is 5.91 Å². The lowest BCUT2D eigenvalue weighted by Gasteiger charge is -2.16. The Morgan fingerprint density at radius 2 is 1.57 bits per heavy atom. The number of carbonyl (C=O) groups excluding carboxylic acids is 2. The number of hydrogen-bond donors (Lipinski definition) is 2. The van der Waals surface area contributed by atoms with Gasteiger partial charge in [-0.1, -0.05) is 30.3 Å². The van der Waals surface area contributed by atoms with Crippen LogP contribution in [0.15, 0.2) is 78.9 Å². The minimum atomic E-state index is -0.203. The van der Waals surface area contributed by atoms with Gasteiger partial charge in [0.05, 0.1) is 0 Å². The standard InChI is InChI=1S/C23H21N3O2/c27-22-13-6-14-26(22)21-12-4-7-17(15-21)23(28)25-20-11-5-10-19(16-20)24-18-8-2-1-3-9-18/h1-5,7-12,15-16,24H,6,13-14H2,(H,25,28). The molecule has 3 aromatic rings. The molecule has 2 amide bonds. The van der Waals surface area contributed by atoms with Crippen molar-refractivity contribution in [2.24, 2.45) is 0 Å². The van der Waals surface area contributed by atoms with E-state index in [1.807, 2.05) is 66.7 Å². The Morgan fingerprint density at radius 3 is 2.36 bits per heavy atom. The smallest absolute Gasteiger partial charge is 0.255 e. The second-order valence-corrected chi connectivity index (χ2v) is 6.73. The minimum Gasteiger partial charge on any atom is -0.355 e. The SMILES string of the molecule is O=C(Nc1cccc(Nc2ccccc2)c1)c1cccc(N2CCCC2=O)c1. The number of nitrogens with zero attached hydrogens (tertiary/aromatic N) is 1. The Bertz CT molecular complexity index is 1000. The predicted octanol–water partition coefficient (Wildman–Crippen LogP) is 4.81. The molecule has 0 saturated carbocycles. The van der Waals surface area contributed by atoms with Crippen molar-refractivity contribution < 1.29 is 9.59 Å². The number of hydrogen-bond acceptors (Lipinski definition) is 3. The number of para-hydroxylation sites is 1. The normalized spacial score (nSPS) is 13.4. The van der Waals surface area contributed by atoms with Crippen molar-refractivity contribution in [1.29, 1.82) is 0 Å². The zero-order valence-electron chi connectivity index (χ0n) is 15.4. The lowest BCUT2D eigenvalue weighted by atomic mass is 10.1. The van der Waals surface area contributed by atoms with E-state index in [9.17, 15) is 9.59 Å². The number of benzene rings is 3. The molecule has 4 rings (SSSR count). The van der Waals surface area contributed by atoms with Crippen LogP contribution in [0, 0.1) is 0 Å². The Labute approximate surface area is 164 Å². The number of carbonyl (C=O) groups is 2. The van der Waals surface area contributed by atoms with Gasteiger partial charge in [0.1, 0.15) is 0 Å². The molecule has 0 aromatic heterocycles. The molecular weight excluding hydrogens is 350 g/mol. The van der Waals surface area contributed by atoms with E-state index in [-0.39, 0.29) is 11.8 Å². The highest BCUT2D eigenvalue weighted by Crippen LogP contribution is 2.24. The third-order valence-electron chi connectivity index (χ3n) is 4.68. The van der Waals surface area contributed by atoms with Crippen molar-refractivity contribution in [3.05, 3.63) is 84.4 Å². The second-order valence-electron chi connectivity index (χ2n) is 6.73. The lowest BCUT2D eigenvalue weighted by Crippen LogP contribution is -2.24. The molecule has 5 heteroatoms. The molecule has 140 valence electrons. The highest BCUT2D eigenvalue weighted by molar-refractivity contribution is 6.06. The van der Waals surface area contributed by atoms with Crippen molar-refractivity contribution in [2.75, 3.05) is 22.1 Å². The van der Waals surface area contributed by atoms with Crippen LogP contribution in [0.3, 0.4) is 0 Å². The van der Waals surface area contributed by atoms with Crippen molar-refractivity contribution >= 4 is 34.6 Å². The van der Waals surface area contributed by atoms with Crippen LogP contribution in [-0.4, -0.2) is 18.4 Å². The minimum absolute atomic E-state index is 0.109. The maximum atomic E-state index is 12.7. The summed E-state index contributed by atoms with van der Waals surface area (Å²) in [5, 5.41) is 6.24. The van der Waals surface area contributed by atoms with Crippen LogP contribution < -0.4 is 15.5 Å². The average molecular weight is 371 g/mol. The van der Waals surface area contributed by atoms with Crippen LogP contribution in [0.1, 0.15) is 23.2 Å². The third kappa shape index (κ3) is 4.04. The van der Waals surface area contributed by atoms with Crippen molar-refractivity contribution in [3.63, 3.8) is 0 Å². The van der Waals surface area contributed by atoms with E-state index in [0.717, 1.165) is 23.5 Å². The lowest BCUT2D eigenvalue weighted by molar-refractivity contribution is -0.117. The molecule has 2 N–H and O–H groups in total. The maximum Gasteiger partial charge on any atom is 0.255 e. The Kier molecular flexibility index (Phi) is 5.06. The summed E-state index contributed by atoms with van der Waals surface area (Å²) < 4.78 is 0. The number of amides is 2. The van der Waals surface area contributed by atoms with E-state index < -0.39 is 0 Å². The fourth-order valence-corrected chi connectivity index (χ4v) is 3.30. The monoisotopic (exact) mass is 371 g/mol. The number of rotatable bonds is 5. The predicted molar refractivity (Wildman–Crippen MR) is 112 cm³/mol. The summed E-state index contributed by atoms with van der Waals surface area (Å²) in [4.78, 5) is 26.4. The van der Waals surface area contributed by atoms with E-state index in [1.54, 1.807) is 17.0 Å². The first kappa shape index (κ1) is 17.8. The fourth-order valence-electron chi connectivity index (χ4n) is 3.30. The molecule has 0 atom stereocenters. The van der Waals surface area contributed by atoms with Gasteiger partial charge in [-0.2, -0.15) is 0 Å². The van der Waals surface area contributed by atoms with Gasteiger partial charge in [0.2, 0.25) is 5.91 Å². The summed E-state index contributed by atoms with van der Waals surface area (Å²) in [6.45, 7) is 0.705. The molecule has 0 radical (unpaired) electrons. The summed E-state index contributed by atoms with van der Waals surface area (Å²) >= 11 is 0. The zero-order valence-corrected chi connectivity index (χ0v) is 15.4. The summed E-state index contributed by atoms with van der Waals surface area (Å²) in [5.41, 5.74) is 3.87. The summed E-state index contributed by atoms with van der Waals surface area (Å²) in [5.74, 6) is -0.0948. The molecular formula is C23H21N3O2. The van der Waals surface area contributed by atoms with Crippen molar-refractivity contribution in [2.45, 2.75) is 12.8 Å². The Morgan fingerprint density at radius 1 is 0.821 bits per heavy atom. The summed E-state index contributed by atoms with van der Waals surface area (Å²) in [6.07, 6.45) is 1.42. The van der Waals surface area contributed by atoms with Gasteiger partial charge >= 0.3 is 0 Å². The van der Waals surface area contributed by atoms with Gasteiger partial charge in [0.15, 0.2) is 0 Å². The van der Waals surface area contributed by atoms with Gasteiger partial charge in [-0.3, -0.25) is 9.59 Å².